The Morgan fingerprint density at radius 1 is 1.19 bits per heavy atom. The Morgan fingerprint density at radius 3 is 2.38 bits per heavy atom. The van der Waals surface area contributed by atoms with Crippen LogP contribution in [0.5, 0.6) is 0 Å². The van der Waals surface area contributed by atoms with Gasteiger partial charge in [0.1, 0.15) is 11.6 Å². The zero-order valence-corrected chi connectivity index (χ0v) is 13.2. The predicted molar refractivity (Wildman–Crippen MR) is 77.7 cm³/mol. The van der Waals surface area contributed by atoms with Crippen molar-refractivity contribution in [3.05, 3.63) is 0 Å². The zero-order chi connectivity index (χ0) is 16.0. The number of carbonyl (C=O) groups is 3. The molecular formula is C14H25N3O4. The Hall–Kier alpha value is -1.79. The number of hydrogen-bond donors (Lipinski definition) is 2. The van der Waals surface area contributed by atoms with Crippen molar-refractivity contribution in [2.24, 2.45) is 0 Å². The first-order valence-electron chi connectivity index (χ1n) is 7.22. The molecule has 1 saturated heterocycles. The summed E-state index contributed by atoms with van der Waals surface area (Å²) in [5, 5.41) is 5.32. The molecule has 1 aliphatic rings. The van der Waals surface area contributed by atoms with Gasteiger partial charge in [-0.15, -0.1) is 0 Å². The van der Waals surface area contributed by atoms with Crippen LogP contribution >= 0.6 is 0 Å². The van der Waals surface area contributed by atoms with Crippen molar-refractivity contribution in [3.63, 3.8) is 0 Å². The van der Waals surface area contributed by atoms with Crippen molar-refractivity contribution in [3.8, 4) is 0 Å². The highest BCUT2D eigenvalue weighted by atomic mass is 16.6. The number of ether oxygens (including phenoxy) is 1. The first-order chi connectivity index (χ1) is 9.70. The fraction of sp³-hybridized carbons (Fsp3) is 0.786. The van der Waals surface area contributed by atoms with Crippen LogP contribution in [-0.2, 0) is 14.3 Å². The van der Waals surface area contributed by atoms with Gasteiger partial charge < -0.3 is 15.4 Å². The molecule has 0 aromatic carbocycles. The molecule has 1 heterocycles. The molecular weight excluding hydrogens is 274 g/mol. The van der Waals surface area contributed by atoms with Crippen LogP contribution in [0.4, 0.5) is 4.79 Å². The van der Waals surface area contributed by atoms with E-state index in [-0.39, 0.29) is 11.8 Å². The van der Waals surface area contributed by atoms with Crippen molar-refractivity contribution in [1.82, 2.24) is 15.5 Å². The van der Waals surface area contributed by atoms with E-state index in [1.165, 1.54) is 11.8 Å². The maximum absolute atomic E-state index is 12.1. The van der Waals surface area contributed by atoms with E-state index in [9.17, 15) is 14.4 Å². The normalized spacial score (nSPS) is 18.3. The van der Waals surface area contributed by atoms with E-state index in [4.69, 9.17) is 4.74 Å². The summed E-state index contributed by atoms with van der Waals surface area (Å²) in [4.78, 5) is 36.4. The summed E-state index contributed by atoms with van der Waals surface area (Å²) in [5.41, 5.74) is -0.577. The Balaban J connectivity index is 2.46. The van der Waals surface area contributed by atoms with Crippen LogP contribution in [0.1, 0.15) is 40.5 Å². The maximum Gasteiger partial charge on any atom is 0.410 e. The molecule has 1 aliphatic heterocycles. The van der Waals surface area contributed by atoms with Crippen molar-refractivity contribution in [2.45, 2.75) is 52.2 Å². The minimum Gasteiger partial charge on any atom is -0.444 e. The van der Waals surface area contributed by atoms with Crippen molar-refractivity contribution < 1.29 is 19.1 Å². The molecule has 0 spiro atoms. The lowest BCUT2D eigenvalue weighted by Crippen LogP contribution is -2.48. The topological polar surface area (TPSA) is 87.7 Å². The summed E-state index contributed by atoms with van der Waals surface area (Å²) < 4.78 is 5.31. The van der Waals surface area contributed by atoms with Gasteiger partial charge in [-0.3, -0.25) is 14.5 Å². The molecule has 0 radical (unpaired) electrons. The van der Waals surface area contributed by atoms with Crippen LogP contribution in [0.15, 0.2) is 0 Å². The molecule has 0 aromatic rings. The monoisotopic (exact) mass is 299 g/mol. The average molecular weight is 299 g/mol. The van der Waals surface area contributed by atoms with Gasteiger partial charge >= 0.3 is 6.09 Å². The number of carbonyl (C=O) groups excluding carboxylic acids is 3. The number of nitrogens with one attached hydrogen (secondary N) is 2. The second kappa shape index (κ2) is 7.28. The molecule has 21 heavy (non-hydrogen) atoms. The lowest BCUT2D eigenvalue weighted by molar-refractivity contribution is -0.125. The summed E-state index contributed by atoms with van der Waals surface area (Å²) in [6.07, 6.45) is 0.954. The Kier molecular flexibility index (Phi) is 5.99. The van der Waals surface area contributed by atoms with Crippen molar-refractivity contribution in [2.75, 3.05) is 19.6 Å². The molecule has 0 unspecified atom stereocenters. The number of hydrogen-bond acceptors (Lipinski definition) is 4. The van der Waals surface area contributed by atoms with E-state index in [0.29, 0.717) is 26.1 Å². The van der Waals surface area contributed by atoms with E-state index in [1.54, 1.807) is 20.8 Å². The summed E-state index contributed by atoms with van der Waals surface area (Å²) in [6.45, 7) is 8.05. The molecule has 7 heteroatoms. The van der Waals surface area contributed by atoms with Crippen LogP contribution in [0.3, 0.4) is 0 Å². The third-order valence-electron chi connectivity index (χ3n) is 2.98. The molecule has 0 bridgehead atoms. The zero-order valence-electron chi connectivity index (χ0n) is 13.2. The average Bonchev–Trinajstić information content (AvgIpc) is 2.81. The number of amides is 3. The molecule has 7 nitrogen and oxygen atoms in total. The Labute approximate surface area is 125 Å². The highest BCUT2D eigenvalue weighted by Gasteiger charge is 2.36. The van der Waals surface area contributed by atoms with Gasteiger partial charge in [0, 0.05) is 26.6 Å². The minimum absolute atomic E-state index is 0.138. The smallest absolute Gasteiger partial charge is 0.410 e. The maximum atomic E-state index is 12.1. The Morgan fingerprint density at radius 2 is 1.81 bits per heavy atom. The lowest BCUT2D eigenvalue weighted by Gasteiger charge is -2.28. The highest BCUT2D eigenvalue weighted by Crippen LogP contribution is 2.20. The quantitative estimate of drug-likeness (QED) is 0.746. The summed E-state index contributed by atoms with van der Waals surface area (Å²) in [6, 6.07) is -0.489. The number of nitrogens with zero attached hydrogens (tertiary/aromatic N) is 1. The molecule has 1 atom stereocenters. The Bertz CT molecular complexity index is 404. The van der Waals surface area contributed by atoms with E-state index in [0.717, 1.165) is 6.42 Å². The molecule has 0 aromatic heterocycles. The fourth-order valence-electron chi connectivity index (χ4n) is 2.12. The van der Waals surface area contributed by atoms with Crippen LogP contribution in [-0.4, -0.2) is 54.1 Å². The molecule has 120 valence electrons. The van der Waals surface area contributed by atoms with Crippen LogP contribution in [0, 0.1) is 0 Å². The van der Waals surface area contributed by atoms with Crippen LogP contribution in [0.2, 0.25) is 0 Å². The highest BCUT2D eigenvalue weighted by molar-refractivity contribution is 5.86. The first-order valence-corrected chi connectivity index (χ1v) is 7.22. The second-order valence-corrected chi connectivity index (χ2v) is 6.11. The molecule has 3 amide bonds. The predicted octanol–water partition coefficient (Wildman–Crippen LogP) is 0.638. The summed E-state index contributed by atoms with van der Waals surface area (Å²) in [7, 11) is 0. The van der Waals surface area contributed by atoms with Gasteiger partial charge in [0.05, 0.1) is 0 Å². The van der Waals surface area contributed by atoms with Gasteiger partial charge in [0.2, 0.25) is 11.8 Å². The van der Waals surface area contributed by atoms with Crippen LogP contribution in [0.25, 0.3) is 0 Å². The van der Waals surface area contributed by atoms with E-state index < -0.39 is 17.7 Å². The molecule has 1 rings (SSSR count). The van der Waals surface area contributed by atoms with Crippen molar-refractivity contribution >= 4 is 17.9 Å². The largest absolute Gasteiger partial charge is 0.444 e. The fourth-order valence-corrected chi connectivity index (χ4v) is 2.12. The molecule has 0 saturated carbocycles. The minimum atomic E-state index is -0.577. The first kappa shape index (κ1) is 17.3. The molecule has 1 fully saturated rings. The van der Waals surface area contributed by atoms with Crippen LogP contribution < -0.4 is 10.6 Å². The third kappa shape index (κ3) is 6.01. The number of likely N-dealkylation sites (tertiary alicyclic amines) is 1. The van der Waals surface area contributed by atoms with Gasteiger partial charge in [-0.05, 0) is 33.6 Å². The van der Waals surface area contributed by atoms with E-state index in [1.807, 2.05) is 0 Å². The van der Waals surface area contributed by atoms with E-state index >= 15 is 0 Å². The van der Waals surface area contributed by atoms with Crippen molar-refractivity contribution in [1.29, 1.82) is 0 Å². The standard InChI is InChI=1S/C14H25N3O4/c1-10(18)15-7-8-16-12(19)11-6-5-9-17(11)13(20)21-14(2,3)4/h11H,5-9H2,1-4H3,(H,15,18)(H,16,19)/t11-/m0/s1. The second-order valence-electron chi connectivity index (χ2n) is 6.11. The summed E-state index contributed by atoms with van der Waals surface area (Å²) >= 11 is 0. The van der Waals surface area contributed by atoms with Gasteiger partial charge in [0.25, 0.3) is 0 Å². The third-order valence-corrected chi connectivity index (χ3v) is 2.98. The SMILES string of the molecule is CC(=O)NCCNC(=O)[C@@H]1CCCN1C(=O)OC(C)(C)C. The molecule has 0 aliphatic carbocycles. The lowest BCUT2D eigenvalue weighted by atomic mass is 10.2. The van der Waals surface area contributed by atoms with Gasteiger partial charge in [-0.2, -0.15) is 0 Å². The number of rotatable bonds is 4. The van der Waals surface area contributed by atoms with Gasteiger partial charge in [-0.1, -0.05) is 0 Å². The summed E-state index contributed by atoms with van der Waals surface area (Å²) in [5.74, 6) is -0.343. The van der Waals surface area contributed by atoms with E-state index in [2.05, 4.69) is 10.6 Å². The van der Waals surface area contributed by atoms with Gasteiger partial charge in [-0.25, -0.2) is 4.79 Å². The van der Waals surface area contributed by atoms with Gasteiger partial charge in [0.15, 0.2) is 0 Å². The molecule has 2 N–H and O–H groups in total.